The van der Waals surface area contributed by atoms with Crippen LogP contribution in [0.15, 0.2) is 0 Å². The molecule has 1 heteroatoms. The first kappa shape index (κ1) is 8.76. The zero-order chi connectivity index (χ0) is 8.43. The number of rotatable bonds is 4. The Labute approximate surface area is 69.2 Å². The van der Waals surface area contributed by atoms with E-state index in [1.807, 2.05) is 0 Å². The molecule has 1 rings (SSSR count). The van der Waals surface area contributed by atoms with Crippen molar-refractivity contribution in [1.29, 1.82) is 0 Å². The van der Waals surface area contributed by atoms with E-state index in [1.165, 1.54) is 0 Å². The first-order valence-electron chi connectivity index (χ1n) is 4.64. The normalized spacial score (nSPS) is 20.4. The quantitative estimate of drug-likeness (QED) is 0.608. The molecule has 11 heavy (non-hydrogen) atoms. The van der Waals surface area contributed by atoms with Crippen molar-refractivity contribution >= 4 is 5.78 Å². The molecule has 0 aromatic carbocycles. The summed E-state index contributed by atoms with van der Waals surface area (Å²) < 4.78 is 0. The van der Waals surface area contributed by atoms with Gasteiger partial charge in [-0.1, -0.05) is 20.8 Å². The zero-order valence-electron chi connectivity index (χ0n) is 7.76. The molecule has 1 fully saturated rings. The molecular weight excluding hydrogens is 136 g/mol. The maximum absolute atomic E-state index is 11.3. The average Bonchev–Trinajstić information content (AvgIpc) is 2.67. The van der Waals surface area contributed by atoms with Gasteiger partial charge in [-0.25, -0.2) is 0 Å². The Morgan fingerprint density at radius 3 is 2.27 bits per heavy atom. The molecule has 0 amide bonds. The highest BCUT2D eigenvalue weighted by atomic mass is 16.1. The molecule has 0 aromatic heterocycles. The lowest BCUT2D eigenvalue weighted by atomic mass is 9.92. The lowest BCUT2D eigenvalue weighted by molar-refractivity contribution is -0.121. The number of hydrogen-bond acceptors (Lipinski definition) is 1. The molecular formula is C10H18O. The van der Waals surface area contributed by atoms with Gasteiger partial charge in [0.25, 0.3) is 0 Å². The summed E-state index contributed by atoms with van der Waals surface area (Å²) in [5.74, 6) is 2.18. The van der Waals surface area contributed by atoms with Crippen molar-refractivity contribution in [2.75, 3.05) is 0 Å². The lowest BCUT2D eigenvalue weighted by Crippen LogP contribution is -2.11. The summed E-state index contributed by atoms with van der Waals surface area (Å²) in [6.45, 7) is 6.54. The van der Waals surface area contributed by atoms with Gasteiger partial charge in [0.1, 0.15) is 5.78 Å². The van der Waals surface area contributed by atoms with Crippen LogP contribution in [0.3, 0.4) is 0 Å². The van der Waals surface area contributed by atoms with Crippen molar-refractivity contribution in [2.24, 2.45) is 17.8 Å². The molecule has 0 radical (unpaired) electrons. The molecule has 0 spiro atoms. The topological polar surface area (TPSA) is 17.1 Å². The highest BCUT2D eigenvalue weighted by Gasteiger charge is 2.30. The minimum absolute atomic E-state index is 0.455. The van der Waals surface area contributed by atoms with Crippen LogP contribution in [0, 0.1) is 17.8 Å². The van der Waals surface area contributed by atoms with E-state index in [1.54, 1.807) is 0 Å². The largest absolute Gasteiger partial charge is 0.299 e. The third-order valence-electron chi connectivity index (χ3n) is 2.69. The third-order valence-corrected chi connectivity index (χ3v) is 2.69. The summed E-state index contributed by atoms with van der Waals surface area (Å²) in [7, 11) is 0. The molecule has 64 valence electrons. The first-order valence-corrected chi connectivity index (χ1v) is 4.64. The fourth-order valence-electron chi connectivity index (χ4n) is 1.13. The molecule has 1 unspecified atom stereocenters. The minimum atomic E-state index is 0.455. The van der Waals surface area contributed by atoms with Crippen LogP contribution in [-0.4, -0.2) is 5.78 Å². The van der Waals surface area contributed by atoms with Crippen LogP contribution in [0.5, 0.6) is 0 Å². The molecule has 1 saturated carbocycles. The number of Topliss-reactive ketones (excluding diaryl/α,β-unsaturated/α-hetero) is 1. The first-order chi connectivity index (χ1) is 5.11. The molecule has 0 saturated heterocycles. The van der Waals surface area contributed by atoms with E-state index in [0.29, 0.717) is 23.5 Å². The van der Waals surface area contributed by atoms with E-state index < -0.39 is 0 Å². The van der Waals surface area contributed by atoms with Gasteiger partial charge in [0.05, 0.1) is 0 Å². The van der Waals surface area contributed by atoms with Gasteiger partial charge in [0, 0.05) is 12.3 Å². The molecule has 1 aliphatic rings. The molecule has 0 aromatic rings. The molecule has 0 bridgehead atoms. The van der Waals surface area contributed by atoms with E-state index in [4.69, 9.17) is 0 Å². The van der Waals surface area contributed by atoms with Crippen molar-refractivity contribution in [3.63, 3.8) is 0 Å². The van der Waals surface area contributed by atoms with Crippen LogP contribution < -0.4 is 0 Å². The fraction of sp³-hybridized carbons (Fsp3) is 0.900. The van der Waals surface area contributed by atoms with Crippen LogP contribution in [0.4, 0.5) is 0 Å². The Hall–Kier alpha value is -0.330. The highest BCUT2D eigenvalue weighted by Crippen LogP contribution is 2.32. The number of carbonyl (C=O) groups is 1. The zero-order valence-corrected chi connectivity index (χ0v) is 7.76. The maximum Gasteiger partial charge on any atom is 0.136 e. The van der Waals surface area contributed by atoms with E-state index in [0.717, 1.165) is 19.3 Å². The molecule has 0 N–H and O–H groups in total. The summed E-state index contributed by atoms with van der Waals surface area (Å²) >= 11 is 0. The predicted molar refractivity (Wildman–Crippen MR) is 46.4 cm³/mol. The monoisotopic (exact) mass is 154 g/mol. The fourth-order valence-corrected chi connectivity index (χ4v) is 1.13. The van der Waals surface area contributed by atoms with Crippen molar-refractivity contribution in [2.45, 2.75) is 40.0 Å². The van der Waals surface area contributed by atoms with Crippen LogP contribution in [0.25, 0.3) is 0 Å². The Balaban J connectivity index is 2.23. The molecule has 0 heterocycles. The van der Waals surface area contributed by atoms with Gasteiger partial charge in [-0.15, -0.1) is 0 Å². The number of hydrogen-bond donors (Lipinski definition) is 0. The Morgan fingerprint density at radius 1 is 1.36 bits per heavy atom. The lowest BCUT2D eigenvalue weighted by Gasteiger charge is -2.13. The van der Waals surface area contributed by atoms with Crippen LogP contribution in [0.1, 0.15) is 40.0 Å². The van der Waals surface area contributed by atoms with Crippen molar-refractivity contribution in [1.82, 2.24) is 0 Å². The van der Waals surface area contributed by atoms with Gasteiger partial charge >= 0.3 is 0 Å². The van der Waals surface area contributed by atoms with Crippen molar-refractivity contribution in [3.8, 4) is 0 Å². The molecule has 0 aliphatic heterocycles. The molecule has 1 aliphatic carbocycles. The van der Waals surface area contributed by atoms with Gasteiger partial charge < -0.3 is 0 Å². The van der Waals surface area contributed by atoms with Gasteiger partial charge in [0.15, 0.2) is 0 Å². The van der Waals surface area contributed by atoms with E-state index in [2.05, 4.69) is 20.8 Å². The van der Waals surface area contributed by atoms with E-state index in [-0.39, 0.29) is 0 Å². The summed E-state index contributed by atoms with van der Waals surface area (Å²) in [6.07, 6.45) is 3.12. The van der Waals surface area contributed by atoms with E-state index in [9.17, 15) is 4.79 Å². The standard InChI is InChI=1S/C10H18O/c1-7(2)8(3)6-10(11)9-4-5-9/h7-9H,4-6H2,1-3H3. The van der Waals surface area contributed by atoms with E-state index >= 15 is 0 Å². The smallest absolute Gasteiger partial charge is 0.136 e. The van der Waals surface area contributed by atoms with Gasteiger partial charge in [-0.05, 0) is 24.7 Å². The number of ketones is 1. The third kappa shape index (κ3) is 2.64. The SMILES string of the molecule is CC(C)C(C)CC(=O)C1CC1. The van der Waals surface area contributed by atoms with Gasteiger partial charge in [-0.2, -0.15) is 0 Å². The Bertz CT molecular complexity index is 145. The van der Waals surface area contributed by atoms with Gasteiger partial charge in [-0.3, -0.25) is 4.79 Å². The molecule has 1 atom stereocenters. The second-order valence-corrected chi connectivity index (χ2v) is 4.17. The Morgan fingerprint density at radius 2 is 1.91 bits per heavy atom. The second-order valence-electron chi connectivity index (χ2n) is 4.17. The molecule has 1 nitrogen and oxygen atoms in total. The van der Waals surface area contributed by atoms with Crippen molar-refractivity contribution in [3.05, 3.63) is 0 Å². The highest BCUT2D eigenvalue weighted by molar-refractivity contribution is 5.83. The predicted octanol–water partition coefficient (Wildman–Crippen LogP) is 2.65. The van der Waals surface area contributed by atoms with Crippen LogP contribution >= 0.6 is 0 Å². The summed E-state index contributed by atoms with van der Waals surface area (Å²) in [5.41, 5.74) is 0. The Kier molecular flexibility index (Phi) is 2.69. The second kappa shape index (κ2) is 3.38. The summed E-state index contributed by atoms with van der Waals surface area (Å²) in [6, 6.07) is 0. The number of carbonyl (C=O) groups excluding carboxylic acids is 1. The van der Waals surface area contributed by atoms with Crippen LogP contribution in [0.2, 0.25) is 0 Å². The minimum Gasteiger partial charge on any atom is -0.299 e. The van der Waals surface area contributed by atoms with Crippen LogP contribution in [-0.2, 0) is 4.79 Å². The van der Waals surface area contributed by atoms with Crippen molar-refractivity contribution < 1.29 is 4.79 Å². The summed E-state index contributed by atoms with van der Waals surface area (Å²) in [5, 5.41) is 0. The maximum atomic E-state index is 11.3. The summed E-state index contributed by atoms with van der Waals surface area (Å²) in [4.78, 5) is 11.3. The average molecular weight is 154 g/mol. The van der Waals surface area contributed by atoms with Gasteiger partial charge in [0.2, 0.25) is 0 Å².